The van der Waals surface area contributed by atoms with E-state index in [9.17, 15) is 9.90 Å². The smallest absolute Gasteiger partial charge is 0.303 e. The lowest BCUT2D eigenvalue weighted by Gasteiger charge is -2.09. The number of phenols is 1. The van der Waals surface area contributed by atoms with Crippen molar-refractivity contribution >= 4 is 5.97 Å². The molecule has 2 N–H and O–H groups in total. The van der Waals surface area contributed by atoms with Gasteiger partial charge in [-0.25, -0.2) is 0 Å². The second kappa shape index (κ2) is 4.82. The van der Waals surface area contributed by atoms with Crippen molar-refractivity contribution in [3.8, 4) is 5.75 Å². The van der Waals surface area contributed by atoms with Crippen molar-refractivity contribution in [1.29, 1.82) is 0 Å². The van der Waals surface area contributed by atoms with E-state index < -0.39 is 5.97 Å². The molecule has 3 nitrogen and oxygen atoms in total. The summed E-state index contributed by atoms with van der Waals surface area (Å²) in [6.07, 6.45) is 1.41. The van der Waals surface area contributed by atoms with Crippen LogP contribution >= 0.6 is 0 Å². The van der Waals surface area contributed by atoms with E-state index in [1.807, 2.05) is 19.9 Å². The number of carboxylic acid groups (broad SMARTS) is 1. The van der Waals surface area contributed by atoms with Crippen molar-refractivity contribution in [2.24, 2.45) is 0 Å². The van der Waals surface area contributed by atoms with E-state index in [-0.39, 0.29) is 6.42 Å². The maximum atomic E-state index is 10.5. The largest absolute Gasteiger partial charge is 0.508 e. The lowest BCUT2D eigenvalue weighted by Crippen LogP contribution is -2.00. The number of hydrogen-bond acceptors (Lipinski definition) is 2. The average Bonchev–Trinajstić information content (AvgIpc) is 2.16. The van der Waals surface area contributed by atoms with Crippen molar-refractivity contribution in [2.45, 2.75) is 33.1 Å². The van der Waals surface area contributed by atoms with Crippen molar-refractivity contribution in [3.05, 3.63) is 28.8 Å². The second-order valence-electron chi connectivity index (χ2n) is 3.65. The summed E-state index contributed by atoms with van der Waals surface area (Å²) in [6.45, 7) is 3.85. The highest BCUT2D eigenvalue weighted by molar-refractivity contribution is 5.67. The van der Waals surface area contributed by atoms with Crippen LogP contribution in [-0.4, -0.2) is 16.2 Å². The number of benzene rings is 1. The van der Waals surface area contributed by atoms with Crippen molar-refractivity contribution in [2.75, 3.05) is 0 Å². The Morgan fingerprint density at radius 2 is 2.00 bits per heavy atom. The van der Waals surface area contributed by atoms with Crippen LogP contribution in [0.25, 0.3) is 0 Å². The van der Waals surface area contributed by atoms with E-state index in [0.29, 0.717) is 12.2 Å². The molecule has 0 heterocycles. The van der Waals surface area contributed by atoms with Gasteiger partial charge in [0.2, 0.25) is 0 Å². The summed E-state index contributed by atoms with van der Waals surface area (Å²) < 4.78 is 0. The van der Waals surface area contributed by atoms with E-state index in [0.717, 1.165) is 23.1 Å². The first-order valence-corrected chi connectivity index (χ1v) is 5.07. The topological polar surface area (TPSA) is 57.5 Å². The SMILES string of the molecule is CCc1cc(CCC(=O)O)c(C)cc1O. The van der Waals surface area contributed by atoms with Crippen molar-refractivity contribution in [1.82, 2.24) is 0 Å². The van der Waals surface area contributed by atoms with Crippen molar-refractivity contribution < 1.29 is 15.0 Å². The number of aliphatic carboxylic acids is 1. The number of rotatable bonds is 4. The molecular formula is C12H16O3. The highest BCUT2D eigenvalue weighted by Gasteiger charge is 2.06. The molecule has 0 atom stereocenters. The first-order chi connectivity index (χ1) is 7.04. The molecule has 1 rings (SSSR count). The second-order valence-corrected chi connectivity index (χ2v) is 3.65. The third-order valence-corrected chi connectivity index (χ3v) is 2.53. The van der Waals surface area contributed by atoms with Gasteiger partial charge in [-0.1, -0.05) is 13.0 Å². The van der Waals surface area contributed by atoms with Crippen LogP contribution in [0.2, 0.25) is 0 Å². The molecule has 1 aromatic rings. The van der Waals surface area contributed by atoms with Gasteiger partial charge in [-0.2, -0.15) is 0 Å². The molecule has 0 aliphatic rings. The molecule has 0 amide bonds. The Labute approximate surface area is 89.4 Å². The maximum Gasteiger partial charge on any atom is 0.303 e. The van der Waals surface area contributed by atoms with Gasteiger partial charge in [-0.3, -0.25) is 4.79 Å². The van der Waals surface area contributed by atoms with Crippen LogP contribution in [0.4, 0.5) is 0 Å². The fourth-order valence-corrected chi connectivity index (χ4v) is 1.58. The summed E-state index contributed by atoms with van der Waals surface area (Å²) in [5, 5.41) is 18.2. The Morgan fingerprint density at radius 3 is 2.53 bits per heavy atom. The zero-order valence-electron chi connectivity index (χ0n) is 9.08. The van der Waals surface area contributed by atoms with Gasteiger partial charge in [-0.15, -0.1) is 0 Å². The van der Waals surface area contributed by atoms with Crippen LogP contribution in [0.3, 0.4) is 0 Å². The number of phenolic OH excluding ortho intramolecular Hbond substituents is 1. The Kier molecular flexibility index (Phi) is 3.72. The van der Waals surface area contributed by atoms with Gasteiger partial charge in [0.1, 0.15) is 5.75 Å². The summed E-state index contributed by atoms with van der Waals surface area (Å²) in [5.74, 6) is -0.491. The maximum absolute atomic E-state index is 10.5. The van der Waals surface area contributed by atoms with Crippen LogP contribution in [0, 0.1) is 6.92 Å². The van der Waals surface area contributed by atoms with E-state index in [2.05, 4.69) is 0 Å². The minimum absolute atomic E-state index is 0.134. The van der Waals surface area contributed by atoms with E-state index in [4.69, 9.17) is 5.11 Å². The molecule has 3 heteroatoms. The summed E-state index contributed by atoms with van der Waals surface area (Å²) in [7, 11) is 0. The quantitative estimate of drug-likeness (QED) is 0.798. The van der Waals surface area contributed by atoms with Crippen LogP contribution in [-0.2, 0) is 17.6 Å². The fourth-order valence-electron chi connectivity index (χ4n) is 1.58. The minimum atomic E-state index is -0.791. The third kappa shape index (κ3) is 2.98. The Balaban J connectivity index is 2.92. The van der Waals surface area contributed by atoms with Gasteiger partial charge in [0.25, 0.3) is 0 Å². The minimum Gasteiger partial charge on any atom is -0.508 e. The zero-order chi connectivity index (χ0) is 11.4. The molecule has 0 aliphatic carbocycles. The number of carboxylic acids is 1. The Morgan fingerprint density at radius 1 is 1.33 bits per heavy atom. The van der Waals surface area contributed by atoms with Crippen molar-refractivity contribution in [3.63, 3.8) is 0 Å². The van der Waals surface area contributed by atoms with Crippen LogP contribution < -0.4 is 0 Å². The molecule has 0 bridgehead atoms. The third-order valence-electron chi connectivity index (χ3n) is 2.53. The predicted molar refractivity (Wildman–Crippen MR) is 58.2 cm³/mol. The molecule has 1 aromatic carbocycles. The molecule has 0 radical (unpaired) electrons. The molecule has 0 saturated heterocycles. The van der Waals surface area contributed by atoms with E-state index in [1.165, 1.54) is 0 Å². The number of aryl methyl sites for hydroxylation is 3. The molecule has 0 unspecified atom stereocenters. The highest BCUT2D eigenvalue weighted by atomic mass is 16.4. The van der Waals surface area contributed by atoms with Gasteiger partial charge in [0.15, 0.2) is 0 Å². The monoisotopic (exact) mass is 208 g/mol. The lowest BCUT2D eigenvalue weighted by atomic mass is 9.99. The molecule has 0 aromatic heterocycles. The summed E-state index contributed by atoms with van der Waals surface area (Å²) >= 11 is 0. The highest BCUT2D eigenvalue weighted by Crippen LogP contribution is 2.23. The van der Waals surface area contributed by atoms with Gasteiger partial charge >= 0.3 is 5.97 Å². The van der Waals surface area contributed by atoms with Gasteiger partial charge in [0.05, 0.1) is 0 Å². The first-order valence-electron chi connectivity index (χ1n) is 5.07. The summed E-state index contributed by atoms with van der Waals surface area (Å²) in [5.41, 5.74) is 2.83. The van der Waals surface area contributed by atoms with E-state index in [1.54, 1.807) is 6.07 Å². The molecule has 0 fully saturated rings. The number of carbonyl (C=O) groups is 1. The summed E-state index contributed by atoms with van der Waals surface area (Å²) in [4.78, 5) is 10.5. The normalized spacial score (nSPS) is 10.3. The Hall–Kier alpha value is -1.51. The van der Waals surface area contributed by atoms with Crippen LogP contribution in [0.15, 0.2) is 12.1 Å². The fraction of sp³-hybridized carbons (Fsp3) is 0.417. The van der Waals surface area contributed by atoms with Gasteiger partial charge < -0.3 is 10.2 Å². The first kappa shape index (κ1) is 11.6. The molecule has 0 saturated carbocycles. The zero-order valence-corrected chi connectivity index (χ0v) is 9.08. The summed E-state index contributed by atoms with van der Waals surface area (Å²) in [6, 6.07) is 3.60. The standard InChI is InChI=1S/C12H16O3/c1-3-9-7-10(4-5-12(14)15)8(2)6-11(9)13/h6-7,13H,3-5H2,1-2H3,(H,14,15). The van der Waals surface area contributed by atoms with Crippen LogP contribution in [0.5, 0.6) is 5.75 Å². The molecule has 0 spiro atoms. The average molecular weight is 208 g/mol. The van der Waals surface area contributed by atoms with Crippen LogP contribution in [0.1, 0.15) is 30.0 Å². The molecule has 82 valence electrons. The predicted octanol–water partition coefficient (Wildman–Crippen LogP) is 2.28. The molecule has 15 heavy (non-hydrogen) atoms. The van der Waals surface area contributed by atoms with E-state index >= 15 is 0 Å². The van der Waals surface area contributed by atoms with Gasteiger partial charge in [0, 0.05) is 6.42 Å². The lowest BCUT2D eigenvalue weighted by molar-refractivity contribution is -0.136. The number of hydrogen-bond donors (Lipinski definition) is 2. The molecule has 0 aliphatic heterocycles. The van der Waals surface area contributed by atoms with Gasteiger partial charge in [-0.05, 0) is 42.5 Å². The number of aromatic hydroxyl groups is 1. The molecular weight excluding hydrogens is 192 g/mol. The Bertz CT molecular complexity index is 369.